The fourth-order valence-corrected chi connectivity index (χ4v) is 3.41. The highest BCUT2D eigenvalue weighted by molar-refractivity contribution is 7.09. The van der Waals surface area contributed by atoms with Gasteiger partial charge in [-0.05, 0) is 11.4 Å². The number of nitrogens with one attached hydrogen (secondary N) is 2. The first kappa shape index (κ1) is 16.7. The second-order valence-corrected chi connectivity index (χ2v) is 6.75. The van der Waals surface area contributed by atoms with E-state index in [0.29, 0.717) is 39.5 Å². The zero-order chi connectivity index (χ0) is 16.1. The minimum Gasteiger partial charge on any atom is -0.389 e. The molecular weight excluding hydrogens is 318 g/mol. The number of urea groups is 1. The van der Waals surface area contributed by atoms with Crippen LogP contribution in [-0.2, 0) is 16.0 Å². The highest BCUT2D eigenvalue weighted by Crippen LogP contribution is 2.16. The molecule has 1 aromatic heterocycles. The van der Waals surface area contributed by atoms with Crippen LogP contribution in [0.5, 0.6) is 0 Å². The predicted molar refractivity (Wildman–Crippen MR) is 86.5 cm³/mol. The van der Waals surface area contributed by atoms with Crippen LogP contribution in [-0.4, -0.2) is 73.7 Å². The number of thiophene rings is 1. The van der Waals surface area contributed by atoms with E-state index in [1.807, 2.05) is 11.4 Å². The van der Waals surface area contributed by atoms with E-state index in [2.05, 4.69) is 16.7 Å². The Kier molecular flexibility index (Phi) is 5.85. The maximum atomic E-state index is 12.0. The summed E-state index contributed by atoms with van der Waals surface area (Å²) in [5.74, 6) is 0. The summed E-state index contributed by atoms with van der Waals surface area (Å²) in [5.41, 5.74) is 0. The number of amides is 2. The van der Waals surface area contributed by atoms with Crippen molar-refractivity contribution in [3.05, 3.63) is 22.4 Å². The van der Waals surface area contributed by atoms with Crippen molar-refractivity contribution in [1.29, 1.82) is 0 Å². The first-order valence-corrected chi connectivity index (χ1v) is 8.78. The van der Waals surface area contributed by atoms with Crippen LogP contribution in [0, 0.1) is 0 Å². The third-order valence-electron chi connectivity index (χ3n) is 4.15. The van der Waals surface area contributed by atoms with Crippen LogP contribution in [0.4, 0.5) is 4.79 Å². The lowest BCUT2D eigenvalue weighted by Crippen LogP contribution is -2.50. The zero-order valence-electron chi connectivity index (χ0n) is 12.9. The van der Waals surface area contributed by atoms with Crippen LogP contribution in [0.15, 0.2) is 17.5 Å². The molecule has 23 heavy (non-hydrogen) atoms. The SMILES string of the molecule is O=C(NC[C@H]1OC[C@@H](NCc2cccs2)[C@@H]1O)N1CCOCC1. The number of ether oxygens (including phenoxy) is 2. The quantitative estimate of drug-likeness (QED) is 0.703. The Morgan fingerprint density at radius 2 is 2.26 bits per heavy atom. The lowest BCUT2D eigenvalue weighted by molar-refractivity contribution is 0.0360. The Labute approximate surface area is 139 Å². The maximum absolute atomic E-state index is 12.0. The molecule has 2 aliphatic heterocycles. The summed E-state index contributed by atoms with van der Waals surface area (Å²) in [4.78, 5) is 15.0. The Balaban J connectivity index is 1.39. The van der Waals surface area contributed by atoms with E-state index in [9.17, 15) is 9.90 Å². The third-order valence-corrected chi connectivity index (χ3v) is 5.03. The van der Waals surface area contributed by atoms with E-state index in [0.717, 1.165) is 6.54 Å². The molecular formula is C15H23N3O4S. The molecule has 3 atom stereocenters. The molecule has 2 aliphatic rings. The zero-order valence-corrected chi connectivity index (χ0v) is 13.8. The van der Waals surface area contributed by atoms with Crippen LogP contribution >= 0.6 is 11.3 Å². The summed E-state index contributed by atoms with van der Waals surface area (Å²) in [6.45, 7) is 3.83. The second-order valence-electron chi connectivity index (χ2n) is 5.71. The number of rotatable bonds is 5. The molecule has 2 saturated heterocycles. The van der Waals surface area contributed by atoms with Crippen LogP contribution in [0.25, 0.3) is 0 Å². The number of hydrogen-bond acceptors (Lipinski definition) is 6. The number of aliphatic hydroxyl groups excluding tert-OH is 1. The van der Waals surface area contributed by atoms with Gasteiger partial charge in [0.25, 0.3) is 0 Å². The minimum atomic E-state index is -0.625. The standard InChI is InChI=1S/C15H23N3O4S/c19-14-12(16-8-11-2-1-7-23-11)10-22-13(14)9-17-15(20)18-3-5-21-6-4-18/h1-2,7,12-14,16,19H,3-6,8-10H2,(H,17,20)/t12-,13-,14+/m1/s1. The van der Waals surface area contributed by atoms with Crippen molar-refractivity contribution in [3.63, 3.8) is 0 Å². The Bertz CT molecular complexity index is 493. The van der Waals surface area contributed by atoms with Crippen LogP contribution in [0.1, 0.15) is 4.88 Å². The van der Waals surface area contributed by atoms with E-state index in [4.69, 9.17) is 9.47 Å². The van der Waals surface area contributed by atoms with E-state index in [1.165, 1.54) is 4.88 Å². The molecule has 8 heteroatoms. The fraction of sp³-hybridized carbons (Fsp3) is 0.667. The minimum absolute atomic E-state index is 0.109. The fourth-order valence-electron chi connectivity index (χ4n) is 2.75. The number of carbonyl (C=O) groups is 1. The van der Waals surface area contributed by atoms with Gasteiger partial charge in [0.2, 0.25) is 0 Å². The topological polar surface area (TPSA) is 83.1 Å². The molecule has 2 amide bonds. The molecule has 0 saturated carbocycles. The Morgan fingerprint density at radius 3 is 3.00 bits per heavy atom. The molecule has 128 valence electrons. The van der Waals surface area contributed by atoms with Gasteiger partial charge in [0.15, 0.2) is 0 Å². The van der Waals surface area contributed by atoms with Crippen molar-refractivity contribution in [2.75, 3.05) is 39.5 Å². The summed E-state index contributed by atoms with van der Waals surface area (Å²) in [5, 5.41) is 18.5. The van der Waals surface area contributed by atoms with E-state index >= 15 is 0 Å². The average molecular weight is 341 g/mol. The first-order chi connectivity index (χ1) is 11.2. The lowest BCUT2D eigenvalue weighted by atomic mass is 10.1. The van der Waals surface area contributed by atoms with Crippen molar-refractivity contribution in [2.45, 2.75) is 24.8 Å². The molecule has 7 nitrogen and oxygen atoms in total. The molecule has 0 bridgehead atoms. The highest BCUT2D eigenvalue weighted by Gasteiger charge is 2.35. The van der Waals surface area contributed by atoms with Gasteiger partial charge in [-0.2, -0.15) is 0 Å². The number of aliphatic hydroxyl groups is 1. The normalized spacial score (nSPS) is 28.0. The van der Waals surface area contributed by atoms with Crippen molar-refractivity contribution in [2.24, 2.45) is 0 Å². The lowest BCUT2D eigenvalue weighted by Gasteiger charge is -2.27. The number of hydrogen-bond donors (Lipinski definition) is 3. The molecule has 2 fully saturated rings. The summed E-state index contributed by atoms with van der Waals surface area (Å²) in [6, 6.07) is 3.83. The summed E-state index contributed by atoms with van der Waals surface area (Å²) >= 11 is 1.68. The van der Waals surface area contributed by atoms with E-state index in [-0.39, 0.29) is 18.2 Å². The Hall–Kier alpha value is -1.19. The van der Waals surface area contributed by atoms with Gasteiger partial charge in [0.1, 0.15) is 6.10 Å². The number of nitrogens with zero attached hydrogens (tertiary/aromatic N) is 1. The van der Waals surface area contributed by atoms with Gasteiger partial charge in [-0.1, -0.05) is 6.07 Å². The summed E-state index contributed by atoms with van der Waals surface area (Å²) in [6.07, 6.45) is -0.999. The molecule has 0 radical (unpaired) electrons. The third kappa shape index (κ3) is 4.42. The smallest absolute Gasteiger partial charge is 0.317 e. The molecule has 3 N–H and O–H groups in total. The van der Waals surface area contributed by atoms with Crippen LogP contribution in [0.2, 0.25) is 0 Å². The monoisotopic (exact) mass is 341 g/mol. The molecule has 0 aliphatic carbocycles. The van der Waals surface area contributed by atoms with Gasteiger partial charge in [-0.15, -0.1) is 11.3 Å². The van der Waals surface area contributed by atoms with Gasteiger partial charge in [0.05, 0.1) is 32.0 Å². The van der Waals surface area contributed by atoms with Gasteiger partial charge in [-0.25, -0.2) is 4.79 Å². The van der Waals surface area contributed by atoms with Gasteiger partial charge < -0.3 is 30.1 Å². The Morgan fingerprint density at radius 1 is 1.43 bits per heavy atom. The largest absolute Gasteiger partial charge is 0.389 e. The molecule has 0 aromatic carbocycles. The van der Waals surface area contributed by atoms with Gasteiger partial charge in [0, 0.05) is 31.1 Å². The van der Waals surface area contributed by atoms with Gasteiger partial charge in [-0.3, -0.25) is 0 Å². The van der Waals surface area contributed by atoms with Crippen molar-refractivity contribution in [1.82, 2.24) is 15.5 Å². The number of carbonyl (C=O) groups excluding carboxylic acids is 1. The van der Waals surface area contributed by atoms with E-state index < -0.39 is 6.10 Å². The predicted octanol–water partition coefficient (Wildman–Crippen LogP) is 0.00780. The second kappa shape index (κ2) is 8.07. The molecule has 1 aromatic rings. The van der Waals surface area contributed by atoms with Crippen molar-refractivity contribution >= 4 is 17.4 Å². The molecule has 3 heterocycles. The maximum Gasteiger partial charge on any atom is 0.317 e. The average Bonchev–Trinajstić information content (AvgIpc) is 3.22. The van der Waals surface area contributed by atoms with Gasteiger partial charge >= 0.3 is 6.03 Å². The molecule has 0 unspecified atom stereocenters. The van der Waals surface area contributed by atoms with E-state index in [1.54, 1.807) is 16.2 Å². The van der Waals surface area contributed by atoms with Crippen LogP contribution in [0.3, 0.4) is 0 Å². The first-order valence-electron chi connectivity index (χ1n) is 7.90. The molecule has 3 rings (SSSR count). The van der Waals surface area contributed by atoms with Crippen LogP contribution < -0.4 is 10.6 Å². The highest BCUT2D eigenvalue weighted by atomic mass is 32.1. The molecule has 0 spiro atoms. The summed E-state index contributed by atoms with van der Waals surface area (Å²) < 4.78 is 10.8. The number of morpholine rings is 1. The van der Waals surface area contributed by atoms with Crippen molar-refractivity contribution < 1.29 is 19.4 Å². The summed E-state index contributed by atoms with van der Waals surface area (Å²) in [7, 11) is 0. The van der Waals surface area contributed by atoms with Crippen molar-refractivity contribution in [3.8, 4) is 0 Å².